The number of nitrogens with zero attached hydrogens (tertiary/aromatic N) is 1. The Kier molecular flexibility index (Phi) is 4.81. The zero-order chi connectivity index (χ0) is 12.1. The van der Waals surface area contributed by atoms with E-state index in [4.69, 9.17) is 0 Å². The molecule has 2 nitrogen and oxygen atoms in total. The van der Waals surface area contributed by atoms with E-state index in [2.05, 4.69) is 63.2 Å². The molecule has 0 heterocycles. The molecule has 0 amide bonds. The van der Waals surface area contributed by atoms with Gasteiger partial charge in [-0.3, -0.25) is 0 Å². The molecule has 0 aliphatic rings. The Hall–Kier alpha value is -1.02. The lowest BCUT2D eigenvalue weighted by Gasteiger charge is -2.24. The maximum atomic E-state index is 3.43. The lowest BCUT2D eigenvalue weighted by atomic mass is 10.1. The van der Waals surface area contributed by atoms with Gasteiger partial charge in [0.15, 0.2) is 0 Å². The molecule has 0 fully saturated rings. The van der Waals surface area contributed by atoms with Crippen LogP contribution in [0.5, 0.6) is 0 Å². The molecule has 0 aliphatic heterocycles. The first-order valence-electron chi connectivity index (χ1n) is 6.05. The molecular weight excluding hydrogens is 196 g/mol. The molecular formula is C14H24N2. The SMILES string of the molecule is CCNC(C)CN(C)c1cc(C)cc(C)c1. The van der Waals surface area contributed by atoms with Gasteiger partial charge < -0.3 is 10.2 Å². The van der Waals surface area contributed by atoms with E-state index < -0.39 is 0 Å². The summed E-state index contributed by atoms with van der Waals surface area (Å²) >= 11 is 0. The molecule has 16 heavy (non-hydrogen) atoms. The highest BCUT2D eigenvalue weighted by Crippen LogP contribution is 2.17. The van der Waals surface area contributed by atoms with Crippen molar-refractivity contribution in [2.24, 2.45) is 0 Å². The van der Waals surface area contributed by atoms with Gasteiger partial charge in [-0.15, -0.1) is 0 Å². The van der Waals surface area contributed by atoms with Crippen LogP contribution < -0.4 is 10.2 Å². The molecule has 0 saturated carbocycles. The van der Waals surface area contributed by atoms with E-state index in [1.807, 2.05) is 0 Å². The minimum absolute atomic E-state index is 0.524. The summed E-state index contributed by atoms with van der Waals surface area (Å²) < 4.78 is 0. The summed E-state index contributed by atoms with van der Waals surface area (Å²) in [6.07, 6.45) is 0. The predicted octanol–water partition coefficient (Wildman–Crippen LogP) is 2.74. The first kappa shape index (κ1) is 13.0. The zero-order valence-electron chi connectivity index (χ0n) is 11.2. The van der Waals surface area contributed by atoms with Crippen LogP contribution in [0.2, 0.25) is 0 Å². The average molecular weight is 220 g/mol. The van der Waals surface area contributed by atoms with Crippen molar-refractivity contribution in [3.8, 4) is 0 Å². The fraction of sp³-hybridized carbons (Fsp3) is 0.571. The largest absolute Gasteiger partial charge is 0.373 e. The normalized spacial score (nSPS) is 12.6. The number of nitrogens with one attached hydrogen (secondary N) is 1. The molecule has 1 aromatic carbocycles. The van der Waals surface area contributed by atoms with Crippen molar-refractivity contribution in [1.82, 2.24) is 5.32 Å². The van der Waals surface area contributed by atoms with Crippen molar-refractivity contribution in [2.75, 3.05) is 25.0 Å². The third-order valence-electron chi connectivity index (χ3n) is 2.75. The highest BCUT2D eigenvalue weighted by atomic mass is 15.1. The van der Waals surface area contributed by atoms with E-state index in [0.29, 0.717) is 6.04 Å². The average Bonchev–Trinajstić information content (AvgIpc) is 2.16. The van der Waals surface area contributed by atoms with Crippen LogP contribution in [0.3, 0.4) is 0 Å². The van der Waals surface area contributed by atoms with Crippen LogP contribution in [-0.4, -0.2) is 26.2 Å². The second-order valence-corrected chi connectivity index (χ2v) is 4.69. The fourth-order valence-corrected chi connectivity index (χ4v) is 2.10. The van der Waals surface area contributed by atoms with Crippen molar-refractivity contribution >= 4 is 5.69 Å². The van der Waals surface area contributed by atoms with Crippen LogP contribution >= 0.6 is 0 Å². The second-order valence-electron chi connectivity index (χ2n) is 4.69. The van der Waals surface area contributed by atoms with E-state index in [0.717, 1.165) is 13.1 Å². The third-order valence-corrected chi connectivity index (χ3v) is 2.75. The molecule has 1 unspecified atom stereocenters. The van der Waals surface area contributed by atoms with Crippen LogP contribution in [0.1, 0.15) is 25.0 Å². The predicted molar refractivity (Wildman–Crippen MR) is 72.3 cm³/mol. The summed E-state index contributed by atoms with van der Waals surface area (Å²) in [6.45, 7) is 10.7. The molecule has 0 spiro atoms. The third kappa shape index (κ3) is 3.86. The summed E-state index contributed by atoms with van der Waals surface area (Å²) in [7, 11) is 2.15. The smallest absolute Gasteiger partial charge is 0.0369 e. The molecule has 0 radical (unpaired) electrons. The van der Waals surface area contributed by atoms with Crippen molar-refractivity contribution in [1.29, 1.82) is 0 Å². The summed E-state index contributed by atoms with van der Waals surface area (Å²) in [5.74, 6) is 0. The van der Waals surface area contributed by atoms with Crippen LogP contribution in [0.15, 0.2) is 18.2 Å². The monoisotopic (exact) mass is 220 g/mol. The van der Waals surface area contributed by atoms with Gasteiger partial charge in [-0.1, -0.05) is 13.0 Å². The lowest BCUT2D eigenvalue weighted by molar-refractivity contribution is 0.564. The van der Waals surface area contributed by atoms with E-state index in [9.17, 15) is 0 Å². The van der Waals surface area contributed by atoms with Gasteiger partial charge in [-0.05, 0) is 50.6 Å². The summed E-state index contributed by atoms with van der Waals surface area (Å²) in [5, 5.41) is 3.43. The number of likely N-dealkylation sites (N-methyl/N-ethyl adjacent to an activating group) is 2. The second kappa shape index (κ2) is 5.90. The van der Waals surface area contributed by atoms with Crippen molar-refractivity contribution < 1.29 is 0 Å². The summed E-state index contributed by atoms with van der Waals surface area (Å²) in [6, 6.07) is 7.22. The lowest BCUT2D eigenvalue weighted by Crippen LogP contribution is -2.37. The Morgan fingerprint density at radius 1 is 1.19 bits per heavy atom. The molecule has 90 valence electrons. The minimum atomic E-state index is 0.524. The fourth-order valence-electron chi connectivity index (χ4n) is 2.10. The van der Waals surface area contributed by atoms with Gasteiger partial charge >= 0.3 is 0 Å². The van der Waals surface area contributed by atoms with Gasteiger partial charge in [0.05, 0.1) is 0 Å². The molecule has 0 saturated heterocycles. The molecule has 1 rings (SSSR count). The Morgan fingerprint density at radius 2 is 1.75 bits per heavy atom. The Morgan fingerprint density at radius 3 is 2.25 bits per heavy atom. The minimum Gasteiger partial charge on any atom is -0.373 e. The van der Waals surface area contributed by atoms with Gasteiger partial charge in [-0.2, -0.15) is 0 Å². The summed E-state index contributed by atoms with van der Waals surface area (Å²) in [4.78, 5) is 2.31. The van der Waals surface area contributed by atoms with Crippen molar-refractivity contribution in [2.45, 2.75) is 33.7 Å². The number of rotatable bonds is 5. The standard InChI is InChI=1S/C14H24N2/c1-6-15-13(4)10-16(5)14-8-11(2)7-12(3)9-14/h7-9,13,15H,6,10H2,1-5H3. The maximum absolute atomic E-state index is 3.43. The quantitative estimate of drug-likeness (QED) is 0.821. The molecule has 1 N–H and O–H groups in total. The number of hydrogen-bond acceptors (Lipinski definition) is 2. The van der Waals surface area contributed by atoms with E-state index in [1.54, 1.807) is 0 Å². The number of benzene rings is 1. The van der Waals surface area contributed by atoms with Crippen molar-refractivity contribution in [3.63, 3.8) is 0 Å². The Balaban J connectivity index is 2.68. The highest BCUT2D eigenvalue weighted by molar-refractivity contribution is 5.50. The first-order chi connectivity index (χ1) is 7.52. The van der Waals surface area contributed by atoms with Gasteiger partial charge in [0.1, 0.15) is 0 Å². The Labute approximate surface area is 99.7 Å². The molecule has 2 heteroatoms. The molecule has 1 atom stereocenters. The van der Waals surface area contributed by atoms with Crippen LogP contribution in [0.4, 0.5) is 5.69 Å². The maximum Gasteiger partial charge on any atom is 0.0369 e. The molecule has 0 bridgehead atoms. The van der Waals surface area contributed by atoms with E-state index in [-0.39, 0.29) is 0 Å². The topological polar surface area (TPSA) is 15.3 Å². The number of aryl methyl sites for hydroxylation is 2. The first-order valence-corrected chi connectivity index (χ1v) is 6.05. The van der Waals surface area contributed by atoms with E-state index >= 15 is 0 Å². The summed E-state index contributed by atoms with van der Waals surface area (Å²) in [5.41, 5.74) is 3.97. The van der Waals surface area contributed by atoms with Crippen LogP contribution in [0.25, 0.3) is 0 Å². The van der Waals surface area contributed by atoms with Crippen LogP contribution in [-0.2, 0) is 0 Å². The van der Waals surface area contributed by atoms with Gasteiger partial charge in [0.25, 0.3) is 0 Å². The van der Waals surface area contributed by atoms with E-state index in [1.165, 1.54) is 16.8 Å². The van der Waals surface area contributed by atoms with Crippen LogP contribution in [0, 0.1) is 13.8 Å². The van der Waals surface area contributed by atoms with Gasteiger partial charge in [0.2, 0.25) is 0 Å². The number of anilines is 1. The highest BCUT2D eigenvalue weighted by Gasteiger charge is 2.06. The molecule has 0 aliphatic carbocycles. The Bertz CT molecular complexity index is 313. The molecule has 1 aromatic rings. The van der Waals surface area contributed by atoms with Crippen molar-refractivity contribution in [3.05, 3.63) is 29.3 Å². The molecule has 0 aromatic heterocycles. The zero-order valence-corrected chi connectivity index (χ0v) is 11.2. The number of hydrogen-bond donors (Lipinski definition) is 1. The van der Waals surface area contributed by atoms with Gasteiger partial charge in [0, 0.05) is 25.3 Å². The van der Waals surface area contributed by atoms with Gasteiger partial charge in [-0.25, -0.2) is 0 Å².